The number of aromatic amines is 1. The first-order valence-corrected chi connectivity index (χ1v) is 14.8. The van der Waals surface area contributed by atoms with Crippen LogP contribution < -0.4 is 17.0 Å². The van der Waals surface area contributed by atoms with Crippen LogP contribution in [0.25, 0.3) is 16.8 Å². The normalized spacial score (nSPS) is 30.4. The Kier molecular flexibility index (Phi) is 6.76. The molecule has 0 radical (unpaired) electrons. The number of nitrogens with two attached hydrogens (primary N) is 2. The van der Waals surface area contributed by atoms with Crippen LogP contribution in [0.2, 0.25) is 0 Å². The van der Waals surface area contributed by atoms with Crippen molar-refractivity contribution in [2.75, 3.05) is 24.7 Å². The number of alkyl halides is 1. The molecule has 0 amide bonds. The van der Waals surface area contributed by atoms with Gasteiger partial charge in [-0.25, -0.2) is 19.3 Å². The largest absolute Gasteiger partial charge is 0.394 e. The molecule has 214 valence electrons. The minimum atomic E-state index is -4.21. The Bertz CT molecular complexity index is 1680. The van der Waals surface area contributed by atoms with Crippen molar-refractivity contribution in [3.8, 4) is 0 Å². The highest BCUT2D eigenvalue weighted by Crippen LogP contribution is 2.64. The molecule has 2 aliphatic rings. The molecule has 40 heavy (non-hydrogen) atoms. The molecule has 0 aliphatic carbocycles. The van der Waals surface area contributed by atoms with E-state index in [1.165, 1.54) is 21.6 Å². The fraction of sp³-hybridized carbons (Fsp3) is 0.500. The van der Waals surface area contributed by atoms with Gasteiger partial charge in [-0.2, -0.15) is 14.6 Å². The van der Waals surface area contributed by atoms with Crippen LogP contribution in [-0.4, -0.2) is 92.7 Å². The molecule has 0 saturated carbocycles. The van der Waals surface area contributed by atoms with Crippen LogP contribution in [-0.2, 0) is 18.6 Å². The van der Waals surface area contributed by atoms with Crippen LogP contribution in [0.3, 0.4) is 0 Å². The lowest BCUT2D eigenvalue weighted by molar-refractivity contribution is -0.0327. The van der Waals surface area contributed by atoms with Crippen molar-refractivity contribution in [3.63, 3.8) is 0 Å². The van der Waals surface area contributed by atoms with Crippen molar-refractivity contribution < 1.29 is 33.2 Å². The maximum atomic E-state index is 15.5. The van der Waals surface area contributed by atoms with Gasteiger partial charge in [0.15, 0.2) is 23.0 Å². The number of aliphatic hydroxyl groups excluding tert-OH is 2. The Labute approximate surface area is 228 Å². The second-order valence-electron chi connectivity index (χ2n) is 9.35. The number of ether oxygens (including phenoxy) is 2. The molecule has 2 unspecified atom stereocenters. The minimum Gasteiger partial charge on any atom is -0.394 e. The van der Waals surface area contributed by atoms with Crippen LogP contribution >= 0.6 is 18.8 Å². The summed E-state index contributed by atoms with van der Waals surface area (Å²) >= 11 is 4.19. The Morgan fingerprint density at radius 1 is 1.25 bits per heavy atom. The van der Waals surface area contributed by atoms with E-state index in [1.54, 1.807) is 0 Å². The maximum Gasteiger partial charge on any atom is 0.280 e. The fourth-order valence-corrected chi connectivity index (χ4v) is 7.52. The Hall–Kier alpha value is -3.19. The summed E-state index contributed by atoms with van der Waals surface area (Å²) in [7, 11) is 0. The molecule has 7 N–H and O–H groups in total. The number of nitrogen functional groups attached to an aromatic ring is 2. The number of H-pyrrole nitrogens is 1. The number of aliphatic hydroxyl groups is 2. The van der Waals surface area contributed by atoms with Crippen molar-refractivity contribution in [1.82, 2.24) is 39.1 Å². The SMILES string of the molecule is Nc1nc2c(ncn2[C@@H]2OC(CO)[C@@H](F)[C@H]2P(=O)(S)OC[C@H]2O[C@@H](c3cnn4c(N)ncnc34)C[C@@H]2O)c(=O)[nH]1. The standard InChI is InChI=1S/C20H24FN10O7PS/c21-12-10(3-32)38-18(30-6-26-13-16(30)28-19(22)29-17(13)34)14(12)39(35,40)36-4-11-8(33)1-9(37-11)7-2-27-31-15(7)24-5-25-20(31)23/h2,5-6,8-12,14,18,32-33H,1,3-4H2,(H,35,40)(H2,23,24,25)(H3,22,28,29,34)/t8-,9+,10?,11+,12+,14+,18+,39?/m0/s1. The fourth-order valence-electron chi connectivity index (χ4n) is 4.98. The molecular weight excluding hydrogens is 574 g/mol. The molecule has 2 fully saturated rings. The first kappa shape index (κ1) is 27.0. The number of fused-ring (bicyclic) bond motifs is 2. The summed E-state index contributed by atoms with van der Waals surface area (Å²) in [6.07, 6.45) is -3.30. The highest BCUT2D eigenvalue weighted by atomic mass is 32.7. The van der Waals surface area contributed by atoms with Crippen LogP contribution in [0.15, 0.2) is 23.6 Å². The van der Waals surface area contributed by atoms with Gasteiger partial charge in [-0.05, 0) is 0 Å². The van der Waals surface area contributed by atoms with Crippen LogP contribution in [0.4, 0.5) is 16.3 Å². The van der Waals surface area contributed by atoms with Crippen LogP contribution in [0.1, 0.15) is 24.3 Å². The summed E-state index contributed by atoms with van der Waals surface area (Å²) in [6.45, 7) is -5.35. The van der Waals surface area contributed by atoms with Crippen molar-refractivity contribution in [3.05, 3.63) is 34.8 Å². The average Bonchev–Trinajstić information content (AvgIpc) is 3.67. The number of nitrogens with one attached hydrogen (secondary N) is 1. The van der Waals surface area contributed by atoms with Crippen LogP contribution in [0.5, 0.6) is 0 Å². The highest BCUT2D eigenvalue weighted by Gasteiger charge is 2.55. The predicted octanol–water partition coefficient (Wildman–Crippen LogP) is -0.651. The van der Waals surface area contributed by atoms with E-state index in [1.807, 2.05) is 0 Å². The van der Waals surface area contributed by atoms with Crippen molar-refractivity contribution in [2.24, 2.45) is 0 Å². The first-order chi connectivity index (χ1) is 19.1. The Morgan fingerprint density at radius 3 is 2.83 bits per heavy atom. The number of hydrogen-bond donors (Lipinski definition) is 6. The zero-order valence-corrected chi connectivity index (χ0v) is 22.2. The molecule has 0 spiro atoms. The monoisotopic (exact) mass is 598 g/mol. The van der Waals surface area contributed by atoms with E-state index in [-0.39, 0.29) is 29.5 Å². The molecule has 4 aromatic heterocycles. The number of hydrogen-bond acceptors (Lipinski definition) is 14. The number of imidazole rings is 1. The van der Waals surface area contributed by atoms with Crippen molar-refractivity contribution in [1.29, 1.82) is 0 Å². The number of anilines is 2. The van der Waals surface area contributed by atoms with E-state index >= 15 is 4.39 Å². The summed E-state index contributed by atoms with van der Waals surface area (Å²) in [5.74, 6) is -0.106. The molecular formula is C20H24FN10O7PS. The van der Waals surface area contributed by atoms with E-state index in [9.17, 15) is 19.6 Å². The quantitative estimate of drug-likeness (QED) is 0.114. The van der Waals surface area contributed by atoms with E-state index in [0.29, 0.717) is 11.2 Å². The lowest BCUT2D eigenvalue weighted by Crippen LogP contribution is -2.31. The summed E-state index contributed by atoms with van der Waals surface area (Å²) in [6, 6.07) is 0. The highest BCUT2D eigenvalue weighted by molar-refractivity contribution is 8.46. The topological polar surface area (TPSA) is 244 Å². The number of rotatable bonds is 7. The first-order valence-electron chi connectivity index (χ1n) is 12.0. The maximum absolute atomic E-state index is 15.5. The van der Waals surface area contributed by atoms with Gasteiger partial charge in [0.2, 0.25) is 11.9 Å². The third-order valence-electron chi connectivity index (χ3n) is 6.92. The lowest BCUT2D eigenvalue weighted by atomic mass is 10.1. The van der Waals surface area contributed by atoms with E-state index in [2.05, 4.69) is 42.3 Å². The number of nitrogens with zero attached hydrogens (tertiary/aromatic N) is 7. The number of thiol groups is 1. The predicted molar refractivity (Wildman–Crippen MR) is 138 cm³/mol. The van der Waals surface area contributed by atoms with Gasteiger partial charge in [-0.3, -0.25) is 18.9 Å². The van der Waals surface area contributed by atoms with Gasteiger partial charge < -0.3 is 35.7 Å². The second-order valence-corrected chi connectivity index (χ2v) is 13.0. The zero-order chi connectivity index (χ0) is 28.3. The molecule has 6 heterocycles. The van der Waals surface area contributed by atoms with Gasteiger partial charge in [0, 0.05) is 12.0 Å². The molecule has 2 saturated heterocycles. The van der Waals surface area contributed by atoms with Gasteiger partial charge in [0.1, 0.15) is 30.4 Å². The lowest BCUT2D eigenvalue weighted by Gasteiger charge is -2.27. The molecule has 4 aromatic rings. The van der Waals surface area contributed by atoms with Gasteiger partial charge in [-0.1, -0.05) is 12.2 Å². The van der Waals surface area contributed by atoms with Crippen molar-refractivity contribution >= 4 is 47.5 Å². The smallest absolute Gasteiger partial charge is 0.280 e. The van der Waals surface area contributed by atoms with E-state index in [4.69, 9.17) is 25.5 Å². The number of aromatic nitrogens is 8. The Balaban J connectivity index is 1.23. The zero-order valence-electron chi connectivity index (χ0n) is 20.4. The summed E-state index contributed by atoms with van der Waals surface area (Å²) < 4.78 is 49.0. The molecule has 17 nitrogen and oxygen atoms in total. The molecule has 8 atom stereocenters. The molecule has 2 aliphatic heterocycles. The average molecular weight is 599 g/mol. The number of halogens is 1. The second kappa shape index (κ2) is 10.0. The molecule has 6 rings (SSSR count). The van der Waals surface area contributed by atoms with Gasteiger partial charge in [0.25, 0.3) is 12.1 Å². The van der Waals surface area contributed by atoms with Gasteiger partial charge in [0.05, 0.1) is 37.9 Å². The van der Waals surface area contributed by atoms with E-state index < -0.39 is 67.8 Å². The Morgan fingerprint density at radius 2 is 2.05 bits per heavy atom. The molecule has 0 bridgehead atoms. The third-order valence-corrected chi connectivity index (χ3v) is 9.88. The summed E-state index contributed by atoms with van der Waals surface area (Å²) in [5, 5.41) is 24.5. The summed E-state index contributed by atoms with van der Waals surface area (Å²) in [5.41, 5.74) is 10.1. The third kappa shape index (κ3) is 4.43. The van der Waals surface area contributed by atoms with Crippen molar-refractivity contribution in [2.45, 2.75) is 48.9 Å². The molecule has 0 aromatic carbocycles. The van der Waals surface area contributed by atoms with Crippen LogP contribution in [0, 0.1) is 0 Å². The minimum absolute atomic E-state index is 0.0504. The van der Waals surface area contributed by atoms with Gasteiger partial charge in [-0.15, -0.1) is 0 Å². The van der Waals surface area contributed by atoms with E-state index in [0.717, 1.165) is 6.33 Å². The molecule has 20 heteroatoms. The van der Waals surface area contributed by atoms with Gasteiger partial charge >= 0.3 is 0 Å². The summed E-state index contributed by atoms with van der Waals surface area (Å²) in [4.78, 5) is 30.6.